The van der Waals surface area contributed by atoms with E-state index in [2.05, 4.69) is 41.4 Å². The van der Waals surface area contributed by atoms with Crippen molar-refractivity contribution < 1.29 is 5.11 Å². The predicted molar refractivity (Wildman–Crippen MR) is 85.1 cm³/mol. The van der Waals surface area contributed by atoms with Gasteiger partial charge in [0.25, 0.3) is 0 Å². The van der Waals surface area contributed by atoms with Crippen molar-refractivity contribution in [3.8, 4) is 0 Å². The summed E-state index contributed by atoms with van der Waals surface area (Å²) < 4.78 is 0. The molecule has 1 saturated heterocycles. The minimum atomic E-state index is -0.237. The lowest BCUT2D eigenvalue weighted by molar-refractivity contribution is 0.170. The van der Waals surface area contributed by atoms with Gasteiger partial charge in [0.15, 0.2) is 0 Å². The maximum Gasteiger partial charge on any atom is 0.0526 e. The summed E-state index contributed by atoms with van der Waals surface area (Å²) in [6, 6.07) is 9.25. The Morgan fingerprint density at radius 3 is 2.35 bits per heavy atom. The van der Waals surface area contributed by atoms with Crippen LogP contribution in [0.25, 0.3) is 0 Å². The first-order valence-electron chi connectivity index (χ1n) is 7.90. The van der Waals surface area contributed by atoms with E-state index in [1.807, 2.05) is 6.92 Å². The Labute approximate surface area is 123 Å². The van der Waals surface area contributed by atoms with Crippen molar-refractivity contribution in [3.05, 3.63) is 29.8 Å². The number of hydrogen-bond acceptors (Lipinski definition) is 3. The fraction of sp³-hybridized carbons (Fsp3) is 0.647. The van der Waals surface area contributed by atoms with E-state index < -0.39 is 0 Å². The lowest BCUT2D eigenvalue weighted by Crippen LogP contribution is -2.29. The Morgan fingerprint density at radius 2 is 1.75 bits per heavy atom. The summed E-state index contributed by atoms with van der Waals surface area (Å²) in [5, 5.41) is 12.8. The molecule has 1 aromatic carbocycles. The number of aliphatic hydroxyl groups is 1. The molecule has 2 N–H and O–H groups in total. The second kappa shape index (κ2) is 7.65. The van der Waals surface area contributed by atoms with Gasteiger partial charge in [-0.25, -0.2) is 0 Å². The van der Waals surface area contributed by atoms with Gasteiger partial charge < -0.3 is 15.3 Å². The van der Waals surface area contributed by atoms with Gasteiger partial charge in [-0.3, -0.25) is 0 Å². The molecule has 0 bridgehead atoms. The zero-order chi connectivity index (χ0) is 14.4. The van der Waals surface area contributed by atoms with Crippen LogP contribution in [0.2, 0.25) is 0 Å². The third-order valence-corrected chi connectivity index (χ3v) is 4.01. The molecule has 20 heavy (non-hydrogen) atoms. The number of rotatable bonds is 6. The third kappa shape index (κ3) is 4.80. The zero-order valence-electron chi connectivity index (χ0n) is 12.8. The van der Waals surface area contributed by atoms with Gasteiger partial charge in [-0.2, -0.15) is 0 Å². The minimum Gasteiger partial charge on any atom is -0.393 e. The SMILES string of the molecule is CC(O)CC(C)NCc1ccc(N2CCCCC2)cc1. The fourth-order valence-electron chi connectivity index (χ4n) is 2.86. The van der Waals surface area contributed by atoms with Crippen LogP contribution in [0.3, 0.4) is 0 Å². The molecule has 2 unspecified atom stereocenters. The first kappa shape index (κ1) is 15.3. The quantitative estimate of drug-likeness (QED) is 0.838. The summed E-state index contributed by atoms with van der Waals surface area (Å²) in [5.74, 6) is 0. The zero-order valence-corrected chi connectivity index (χ0v) is 12.8. The minimum absolute atomic E-state index is 0.237. The smallest absolute Gasteiger partial charge is 0.0526 e. The summed E-state index contributed by atoms with van der Waals surface area (Å²) in [4.78, 5) is 2.48. The summed E-state index contributed by atoms with van der Waals surface area (Å²) in [5.41, 5.74) is 2.66. The van der Waals surface area contributed by atoms with Crippen LogP contribution in [0.15, 0.2) is 24.3 Å². The van der Waals surface area contributed by atoms with Crippen molar-refractivity contribution in [2.45, 2.75) is 58.2 Å². The molecule has 1 aliphatic rings. The molecule has 0 spiro atoms. The summed E-state index contributed by atoms with van der Waals surface area (Å²) >= 11 is 0. The van der Waals surface area contributed by atoms with E-state index in [-0.39, 0.29) is 6.10 Å². The monoisotopic (exact) mass is 276 g/mol. The Bertz CT molecular complexity index is 382. The number of nitrogens with one attached hydrogen (secondary N) is 1. The van der Waals surface area contributed by atoms with Crippen LogP contribution in [0.1, 0.15) is 45.1 Å². The van der Waals surface area contributed by atoms with Gasteiger partial charge in [-0.05, 0) is 57.2 Å². The van der Waals surface area contributed by atoms with E-state index in [4.69, 9.17) is 0 Å². The maximum atomic E-state index is 9.36. The highest BCUT2D eigenvalue weighted by Crippen LogP contribution is 2.20. The average molecular weight is 276 g/mol. The van der Waals surface area contributed by atoms with E-state index in [0.29, 0.717) is 6.04 Å². The Balaban J connectivity index is 1.82. The first-order chi connectivity index (χ1) is 9.65. The molecule has 0 aromatic heterocycles. The maximum absolute atomic E-state index is 9.36. The number of benzene rings is 1. The molecule has 2 rings (SSSR count). The molecule has 1 aromatic rings. The molecule has 0 amide bonds. The molecular formula is C17H28N2O. The van der Waals surface area contributed by atoms with Gasteiger partial charge in [0.05, 0.1) is 6.10 Å². The van der Waals surface area contributed by atoms with Gasteiger partial charge in [-0.1, -0.05) is 12.1 Å². The number of aliphatic hydroxyl groups excluding tert-OH is 1. The average Bonchev–Trinajstić information content (AvgIpc) is 2.46. The number of nitrogens with zero attached hydrogens (tertiary/aromatic N) is 1. The molecule has 1 aliphatic heterocycles. The first-order valence-corrected chi connectivity index (χ1v) is 7.90. The lowest BCUT2D eigenvalue weighted by atomic mass is 10.1. The molecule has 0 aliphatic carbocycles. The van der Waals surface area contributed by atoms with Crippen LogP contribution in [0.4, 0.5) is 5.69 Å². The standard InChI is InChI=1S/C17H28N2O/c1-14(12-15(2)20)18-13-16-6-8-17(9-7-16)19-10-4-3-5-11-19/h6-9,14-15,18,20H,3-5,10-13H2,1-2H3. The van der Waals surface area contributed by atoms with Crippen LogP contribution >= 0.6 is 0 Å². The molecule has 0 saturated carbocycles. The Kier molecular flexibility index (Phi) is 5.86. The normalized spacial score (nSPS) is 18.9. The number of hydrogen-bond donors (Lipinski definition) is 2. The number of anilines is 1. The molecule has 3 nitrogen and oxygen atoms in total. The molecule has 1 heterocycles. The second-order valence-electron chi connectivity index (χ2n) is 6.08. The molecular weight excluding hydrogens is 248 g/mol. The predicted octanol–water partition coefficient (Wildman–Crippen LogP) is 2.93. The van der Waals surface area contributed by atoms with Crippen molar-refractivity contribution in [1.29, 1.82) is 0 Å². The number of piperidine rings is 1. The molecule has 3 heteroatoms. The van der Waals surface area contributed by atoms with Crippen LogP contribution in [0.5, 0.6) is 0 Å². The summed E-state index contributed by atoms with van der Waals surface area (Å²) in [6.07, 6.45) is 4.57. The van der Waals surface area contributed by atoms with Gasteiger partial charge in [0.1, 0.15) is 0 Å². The Hall–Kier alpha value is -1.06. The largest absolute Gasteiger partial charge is 0.393 e. The van der Waals surface area contributed by atoms with E-state index in [1.165, 1.54) is 43.6 Å². The lowest BCUT2D eigenvalue weighted by Gasteiger charge is -2.29. The molecule has 2 atom stereocenters. The van der Waals surface area contributed by atoms with E-state index >= 15 is 0 Å². The Morgan fingerprint density at radius 1 is 1.10 bits per heavy atom. The van der Waals surface area contributed by atoms with E-state index in [9.17, 15) is 5.11 Å². The molecule has 1 fully saturated rings. The van der Waals surface area contributed by atoms with Gasteiger partial charge in [-0.15, -0.1) is 0 Å². The van der Waals surface area contributed by atoms with Gasteiger partial charge in [0.2, 0.25) is 0 Å². The van der Waals surface area contributed by atoms with Gasteiger partial charge in [0, 0.05) is 31.4 Å². The topological polar surface area (TPSA) is 35.5 Å². The van der Waals surface area contributed by atoms with Crippen LogP contribution in [-0.4, -0.2) is 30.3 Å². The van der Waals surface area contributed by atoms with Crippen molar-refractivity contribution in [2.75, 3.05) is 18.0 Å². The summed E-state index contributed by atoms with van der Waals surface area (Å²) in [6.45, 7) is 7.22. The van der Waals surface area contributed by atoms with E-state index in [0.717, 1.165) is 13.0 Å². The van der Waals surface area contributed by atoms with Crippen molar-refractivity contribution in [3.63, 3.8) is 0 Å². The van der Waals surface area contributed by atoms with Crippen LogP contribution in [0, 0.1) is 0 Å². The van der Waals surface area contributed by atoms with Crippen LogP contribution in [-0.2, 0) is 6.54 Å². The van der Waals surface area contributed by atoms with Crippen LogP contribution < -0.4 is 10.2 Å². The van der Waals surface area contributed by atoms with E-state index in [1.54, 1.807) is 0 Å². The van der Waals surface area contributed by atoms with Gasteiger partial charge >= 0.3 is 0 Å². The van der Waals surface area contributed by atoms with Crippen molar-refractivity contribution in [1.82, 2.24) is 5.32 Å². The molecule has 0 radical (unpaired) electrons. The molecule has 112 valence electrons. The highest BCUT2D eigenvalue weighted by atomic mass is 16.3. The third-order valence-electron chi connectivity index (χ3n) is 4.01. The van der Waals surface area contributed by atoms with Crippen molar-refractivity contribution in [2.24, 2.45) is 0 Å². The second-order valence-corrected chi connectivity index (χ2v) is 6.08. The van der Waals surface area contributed by atoms with Crippen molar-refractivity contribution >= 4 is 5.69 Å². The fourth-order valence-corrected chi connectivity index (χ4v) is 2.86. The summed E-state index contributed by atoms with van der Waals surface area (Å²) in [7, 11) is 0. The highest BCUT2D eigenvalue weighted by Gasteiger charge is 2.10. The highest BCUT2D eigenvalue weighted by molar-refractivity contribution is 5.47.